The van der Waals surface area contributed by atoms with E-state index < -0.39 is 12.0 Å². The smallest absolute Gasteiger partial charge is 0.338 e. The van der Waals surface area contributed by atoms with Crippen LogP contribution < -0.4 is 14.9 Å². The summed E-state index contributed by atoms with van der Waals surface area (Å²) in [5, 5.41) is 0.597. The lowest BCUT2D eigenvalue weighted by atomic mass is 9.95. The molecule has 0 saturated heterocycles. The fourth-order valence-corrected chi connectivity index (χ4v) is 4.85. The molecular weight excluding hydrogens is 432 g/mol. The van der Waals surface area contributed by atoms with Crippen molar-refractivity contribution in [2.75, 3.05) is 6.61 Å². The number of thiazole rings is 1. The van der Waals surface area contributed by atoms with Crippen LogP contribution in [0.2, 0.25) is 5.02 Å². The second-order valence-corrected chi connectivity index (χ2v) is 8.71. The van der Waals surface area contributed by atoms with Crippen molar-refractivity contribution in [1.29, 1.82) is 0 Å². The van der Waals surface area contributed by atoms with Crippen LogP contribution in [0.1, 0.15) is 36.6 Å². The van der Waals surface area contributed by atoms with Gasteiger partial charge in [0.2, 0.25) is 0 Å². The summed E-state index contributed by atoms with van der Waals surface area (Å²) >= 11 is 7.39. The van der Waals surface area contributed by atoms with Gasteiger partial charge in [0.05, 0.1) is 28.5 Å². The van der Waals surface area contributed by atoms with Crippen molar-refractivity contribution in [3.63, 3.8) is 0 Å². The Bertz CT molecular complexity index is 1370. The molecule has 158 valence electrons. The van der Waals surface area contributed by atoms with E-state index in [1.54, 1.807) is 36.6 Å². The summed E-state index contributed by atoms with van der Waals surface area (Å²) in [5.41, 5.74) is 3.48. The highest BCUT2D eigenvalue weighted by molar-refractivity contribution is 7.07. The number of benzene rings is 2. The summed E-state index contributed by atoms with van der Waals surface area (Å²) in [6, 6.07) is 14.5. The van der Waals surface area contributed by atoms with Crippen molar-refractivity contribution in [3.8, 4) is 0 Å². The number of hydrogen-bond donors (Lipinski definition) is 0. The molecule has 4 rings (SSSR count). The van der Waals surface area contributed by atoms with Crippen LogP contribution in [-0.2, 0) is 9.53 Å². The van der Waals surface area contributed by atoms with E-state index in [2.05, 4.69) is 4.99 Å². The van der Waals surface area contributed by atoms with E-state index in [9.17, 15) is 9.59 Å². The molecule has 31 heavy (non-hydrogen) atoms. The van der Waals surface area contributed by atoms with Crippen molar-refractivity contribution >= 4 is 35.0 Å². The number of fused-ring (bicyclic) bond motifs is 1. The normalized spacial score (nSPS) is 16.1. The summed E-state index contributed by atoms with van der Waals surface area (Å²) in [7, 11) is 0. The van der Waals surface area contributed by atoms with Crippen molar-refractivity contribution in [2.24, 2.45) is 4.99 Å². The Morgan fingerprint density at radius 2 is 1.97 bits per heavy atom. The zero-order valence-corrected chi connectivity index (χ0v) is 19.0. The number of allylic oxidation sites excluding steroid dienone is 1. The van der Waals surface area contributed by atoms with Crippen molar-refractivity contribution in [1.82, 2.24) is 4.57 Å². The number of carbonyl (C=O) groups excluding carboxylic acids is 1. The van der Waals surface area contributed by atoms with Crippen LogP contribution in [0.5, 0.6) is 0 Å². The lowest BCUT2D eigenvalue weighted by Gasteiger charge is -2.24. The van der Waals surface area contributed by atoms with E-state index in [0.29, 0.717) is 25.6 Å². The third-order valence-electron chi connectivity index (χ3n) is 5.06. The van der Waals surface area contributed by atoms with Crippen LogP contribution in [-0.4, -0.2) is 17.1 Å². The fourth-order valence-electron chi connectivity index (χ4n) is 3.60. The number of ether oxygens (including phenoxy) is 1. The molecule has 3 aromatic rings. The standard InChI is InChI=1S/C24H21ClN2O3S/c1-4-30-23(29)20-15(3)26-24-27(21(20)17-10-8-14(2)9-11-17)22(28)19(31-24)13-16-6-5-7-18(25)12-16/h5-13,21H,4H2,1-3H3/b19-13-/t21-/m0/s1. The number of carbonyl (C=O) groups is 1. The highest BCUT2D eigenvalue weighted by Gasteiger charge is 2.33. The molecule has 0 aliphatic carbocycles. The third-order valence-corrected chi connectivity index (χ3v) is 6.27. The van der Waals surface area contributed by atoms with Gasteiger partial charge < -0.3 is 4.74 Å². The van der Waals surface area contributed by atoms with Crippen LogP contribution >= 0.6 is 22.9 Å². The molecule has 0 saturated carbocycles. The summed E-state index contributed by atoms with van der Waals surface area (Å²) in [5.74, 6) is -0.460. The van der Waals surface area contributed by atoms with E-state index in [1.807, 2.05) is 43.3 Å². The van der Waals surface area contributed by atoms with Gasteiger partial charge in [-0.05, 0) is 50.1 Å². The molecule has 0 fully saturated rings. The van der Waals surface area contributed by atoms with Gasteiger partial charge in [-0.25, -0.2) is 9.79 Å². The summed E-state index contributed by atoms with van der Waals surface area (Å²) in [6.07, 6.45) is 1.80. The van der Waals surface area contributed by atoms with Gasteiger partial charge in [0, 0.05) is 5.02 Å². The monoisotopic (exact) mass is 452 g/mol. The highest BCUT2D eigenvalue weighted by atomic mass is 35.5. The lowest BCUT2D eigenvalue weighted by Crippen LogP contribution is -2.39. The van der Waals surface area contributed by atoms with Gasteiger partial charge in [0.25, 0.3) is 5.56 Å². The Morgan fingerprint density at radius 3 is 2.65 bits per heavy atom. The first-order valence-electron chi connectivity index (χ1n) is 9.91. The maximum absolute atomic E-state index is 13.5. The molecule has 0 amide bonds. The fraction of sp³-hybridized carbons (Fsp3) is 0.208. The first-order valence-corrected chi connectivity index (χ1v) is 11.1. The van der Waals surface area contributed by atoms with Crippen LogP contribution in [0.15, 0.2) is 69.6 Å². The van der Waals surface area contributed by atoms with E-state index in [-0.39, 0.29) is 12.2 Å². The number of hydrogen-bond acceptors (Lipinski definition) is 5. The van der Waals surface area contributed by atoms with Gasteiger partial charge in [-0.2, -0.15) is 0 Å². The van der Waals surface area contributed by atoms with Gasteiger partial charge in [-0.1, -0.05) is 64.9 Å². The second kappa shape index (κ2) is 8.65. The first kappa shape index (κ1) is 21.3. The quantitative estimate of drug-likeness (QED) is 0.566. The second-order valence-electron chi connectivity index (χ2n) is 7.27. The number of esters is 1. The molecule has 0 N–H and O–H groups in total. The molecule has 0 bridgehead atoms. The maximum atomic E-state index is 13.5. The first-order chi connectivity index (χ1) is 14.9. The lowest BCUT2D eigenvalue weighted by molar-refractivity contribution is -0.139. The number of aromatic nitrogens is 1. The third kappa shape index (κ3) is 4.13. The Labute approximate surface area is 188 Å². The molecular formula is C24H21ClN2O3S. The minimum atomic E-state index is -0.600. The largest absolute Gasteiger partial charge is 0.463 e. The Kier molecular flexibility index (Phi) is 5.94. The van der Waals surface area contributed by atoms with Gasteiger partial charge in [-0.3, -0.25) is 9.36 Å². The molecule has 1 aromatic heterocycles. The predicted molar refractivity (Wildman–Crippen MR) is 123 cm³/mol. The van der Waals surface area contributed by atoms with Crippen LogP contribution in [0.25, 0.3) is 6.08 Å². The van der Waals surface area contributed by atoms with E-state index in [4.69, 9.17) is 16.3 Å². The van der Waals surface area contributed by atoms with Gasteiger partial charge >= 0.3 is 5.97 Å². The SMILES string of the molecule is CCOC(=O)C1=C(C)N=c2s/c(=C\c3cccc(Cl)c3)c(=O)n2[C@H]1c1ccc(C)cc1. The molecule has 1 atom stereocenters. The number of halogens is 1. The van der Waals surface area contributed by atoms with Crippen molar-refractivity contribution in [3.05, 3.63) is 101 Å². The summed E-state index contributed by atoms with van der Waals surface area (Å²) in [6.45, 7) is 5.78. The minimum Gasteiger partial charge on any atom is -0.463 e. The molecule has 5 nitrogen and oxygen atoms in total. The van der Waals surface area contributed by atoms with Gasteiger partial charge in [0.1, 0.15) is 0 Å². The molecule has 0 radical (unpaired) electrons. The molecule has 0 spiro atoms. The van der Waals surface area contributed by atoms with Gasteiger partial charge in [0.15, 0.2) is 4.80 Å². The molecule has 1 aliphatic heterocycles. The van der Waals surface area contributed by atoms with Crippen molar-refractivity contribution in [2.45, 2.75) is 26.8 Å². The van der Waals surface area contributed by atoms with E-state index >= 15 is 0 Å². The zero-order chi connectivity index (χ0) is 22.1. The van der Waals surface area contributed by atoms with Gasteiger partial charge in [-0.15, -0.1) is 0 Å². The van der Waals surface area contributed by atoms with Crippen LogP contribution in [0.3, 0.4) is 0 Å². The topological polar surface area (TPSA) is 60.7 Å². The minimum absolute atomic E-state index is 0.205. The van der Waals surface area contributed by atoms with E-state index in [0.717, 1.165) is 16.7 Å². The summed E-state index contributed by atoms with van der Waals surface area (Å²) in [4.78, 5) is 31.4. The Hall–Kier alpha value is -2.96. The average Bonchev–Trinajstić information content (AvgIpc) is 3.02. The number of rotatable bonds is 4. The maximum Gasteiger partial charge on any atom is 0.338 e. The van der Waals surface area contributed by atoms with Crippen LogP contribution in [0.4, 0.5) is 0 Å². The van der Waals surface area contributed by atoms with Crippen molar-refractivity contribution < 1.29 is 9.53 Å². The number of aryl methyl sites for hydroxylation is 1. The molecule has 2 aromatic carbocycles. The number of nitrogens with zero attached hydrogens (tertiary/aromatic N) is 2. The molecule has 0 unspecified atom stereocenters. The average molecular weight is 453 g/mol. The summed E-state index contributed by atoms with van der Waals surface area (Å²) < 4.78 is 7.42. The molecule has 2 heterocycles. The Morgan fingerprint density at radius 1 is 1.23 bits per heavy atom. The molecule has 1 aliphatic rings. The van der Waals surface area contributed by atoms with Crippen LogP contribution in [0, 0.1) is 6.92 Å². The highest BCUT2D eigenvalue weighted by Crippen LogP contribution is 2.30. The predicted octanol–water partition coefficient (Wildman–Crippen LogP) is 3.76. The van der Waals surface area contributed by atoms with E-state index in [1.165, 1.54) is 11.3 Å². The Balaban J connectivity index is 1.96. The zero-order valence-electron chi connectivity index (χ0n) is 17.4. The molecule has 7 heteroatoms.